The molecule has 0 heterocycles. The van der Waals surface area contributed by atoms with E-state index in [0.717, 1.165) is 5.92 Å². The Bertz CT molecular complexity index is 156. The minimum atomic E-state index is 0.493. The van der Waals surface area contributed by atoms with Crippen LogP contribution >= 0.6 is 0 Å². The minimum Gasteiger partial charge on any atom is -0.381 e. The van der Waals surface area contributed by atoms with Crippen LogP contribution in [0.2, 0.25) is 0 Å². The summed E-state index contributed by atoms with van der Waals surface area (Å²) in [6, 6.07) is 0. The molecular weight excluding hydrogens is 220 g/mol. The summed E-state index contributed by atoms with van der Waals surface area (Å²) in [6.45, 7) is 6.90. The van der Waals surface area contributed by atoms with Crippen molar-refractivity contribution < 1.29 is 4.74 Å². The summed E-state index contributed by atoms with van der Waals surface area (Å²) >= 11 is 0. The SMILES string of the molecule is CCCCCCCCCC(OC)C(C)CCCC. The molecule has 2 unspecified atom stereocenters. The molecule has 0 spiro atoms. The van der Waals surface area contributed by atoms with Crippen LogP contribution in [0, 0.1) is 5.92 Å². The summed E-state index contributed by atoms with van der Waals surface area (Å²) in [5.74, 6) is 0.732. The first kappa shape index (κ1) is 18.0. The highest BCUT2D eigenvalue weighted by Crippen LogP contribution is 2.20. The van der Waals surface area contributed by atoms with Gasteiger partial charge in [0, 0.05) is 7.11 Å². The predicted octanol–water partition coefficient (Wildman–Crippen LogP) is 5.97. The van der Waals surface area contributed by atoms with Crippen molar-refractivity contribution >= 4 is 0 Å². The molecule has 18 heavy (non-hydrogen) atoms. The maximum atomic E-state index is 5.65. The van der Waals surface area contributed by atoms with Crippen LogP contribution in [0.3, 0.4) is 0 Å². The number of methoxy groups -OCH3 is 1. The van der Waals surface area contributed by atoms with E-state index in [1.54, 1.807) is 0 Å². The molecule has 1 heteroatoms. The lowest BCUT2D eigenvalue weighted by molar-refractivity contribution is 0.0458. The van der Waals surface area contributed by atoms with Gasteiger partial charge >= 0.3 is 0 Å². The second kappa shape index (κ2) is 13.4. The van der Waals surface area contributed by atoms with Crippen molar-refractivity contribution in [3.8, 4) is 0 Å². The third-order valence-corrected chi connectivity index (χ3v) is 4.04. The summed E-state index contributed by atoms with van der Waals surface area (Å²) in [4.78, 5) is 0. The molecule has 110 valence electrons. The predicted molar refractivity (Wildman–Crippen MR) is 82.1 cm³/mol. The van der Waals surface area contributed by atoms with E-state index in [4.69, 9.17) is 4.74 Å². The van der Waals surface area contributed by atoms with E-state index in [2.05, 4.69) is 20.8 Å². The van der Waals surface area contributed by atoms with Gasteiger partial charge in [0.1, 0.15) is 0 Å². The van der Waals surface area contributed by atoms with Gasteiger partial charge in [-0.2, -0.15) is 0 Å². The molecule has 0 rings (SSSR count). The average Bonchev–Trinajstić information content (AvgIpc) is 2.39. The van der Waals surface area contributed by atoms with Gasteiger partial charge in [0.2, 0.25) is 0 Å². The lowest BCUT2D eigenvalue weighted by Crippen LogP contribution is -2.20. The molecule has 0 amide bonds. The molecule has 0 aliphatic carbocycles. The molecule has 1 nitrogen and oxygen atoms in total. The fraction of sp³-hybridized carbons (Fsp3) is 1.00. The lowest BCUT2D eigenvalue weighted by atomic mass is 9.93. The smallest absolute Gasteiger partial charge is 0.0596 e. The first-order chi connectivity index (χ1) is 8.76. The highest BCUT2D eigenvalue weighted by molar-refractivity contribution is 4.66. The maximum Gasteiger partial charge on any atom is 0.0596 e. The fourth-order valence-corrected chi connectivity index (χ4v) is 2.65. The largest absolute Gasteiger partial charge is 0.381 e. The molecule has 0 fully saturated rings. The number of hydrogen-bond donors (Lipinski definition) is 0. The van der Waals surface area contributed by atoms with E-state index in [-0.39, 0.29) is 0 Å². The van der Waals surface area contributed by atoms with Gasteiger partial charge in [0.25, 0.3) is 0 Å². The third-order valence-electron chi connectivity index (χ3n) is 4.04. The molecule has 0 aliphatic heterocycles. The molecule has 0 aliphatic rings. The number of hydrogen-bond acceptors (Lipinski definition) is 1. The van der Waals surface area contributed by atoms with Crippen LogP contribution in [0.4, 0.5) is 0 Å². The zero-order valence-corrected chi connectivity index (χ0v) is 13.3. The Balaban J connectivity index is 3.48. The standard InChI is InChI=1S/C17H36O/c1-5-7-9-10-11-12-13-15-17(18-4)16(3)14-8-6-2/h16-17H,5-15H2,1-4H3. The number of unbranched alkanes of at least 4 members (excludes halogenated alkanes) is 7. The maximum absolute atomic E-state index is 5.65. The molecule has 0 aromatic heterocycles. The number of rotatable bonds is 13. The van der Waals surface area contributed by atoms with Crippen LogP contribution < -0.4 is 0 Å². The lowest BCUT2D eigenvalue weighted by Gasteiger charge is -2.22. The summed E-state index contributed by atoms with van der Waals surface area (Å²) in [5, 5.41) is 0. The van der Waals surface area contributed by atoms with Crippen molar-refractivity contribution in [3.05, 3.63) is 0 Å². The van der Waals surface area contributed by atoms with Gasteiger partial charge in [-0.05, 0) is 18.8 Å². The van der Waals surface area contributed by atoms with E-state index < -0.39 is 0 Å². The Hall–Kier alpha value is -0.0400. The molecule has 0 saturated heterocycles. The van der Waals surface area contributed by atoms with Gasteiger partial charge in [-0.1, -0.05) is 78.6 Å². The van der Waals surface area contributed by atoms with Crippen LogP contribution in [-0.2, 0) is 4.74 Å². The van der Waals surface area contributed by atoms with E-state index in [0.29, 0.717) is 6.10 Å². The third kappa shape index (κ3) is 9.94. The monoisotopic (exact) mass is 256 g/mol. The van der Waals surface area contributed by atoms with Crippen LogP contribution in [0.5, 0.6) is 0 Å². The van der Waals surface area contributed by atoms with E-state index >= 15 is 0 Å². The first-order valence-electron chi connectivity index (χ1n) is 8.29. The van der Waals surface area contributed by atoms with Gasteiger partial charge in [0.15, 0.2) is 0 Å². The molecular formula is C17H36O. The van der Waals surface area contributed by atoms with Crippen molar-refractivity contribution in [3.63, 3.8) is 0 Å². The number of ether oxygens (including phenoxy) is 1. The molecule has 0 N–H and O–H groups in total. The van der Waals surface area contributed by atoms with Gasteiger partial charge < -0.3 is 4.74 Å². The van der Waals surface area contributed by atoms with Gasteiger partial charge in [-0.15, -0.1) is 0 Å². The molecule has 0 aromatic carbocycles. The van der Waals surface area contributed by atoms with Crippen molar-refractivity contribution in [1.82, 2.24) is 0 Å². The molecule has 2 atom stereocenters. The summed E-state index contributed by atoms with van der Waals surface area (Å²) < 4.78 is 5.65. The molecule has 0 aromatic rings. The minimum absolute atomic E-state index is 0.493. The quantitative estimate of drug-likeness (QED) is 0.369. The average molecular weight is 256 g/mol. The molecule has 0 bridgehead atoms. The Kier molecular flexibility index (Phi) is 13.4. The zero-order chi connectivity index (χ0) is 13.6. The van der Waals surface area contributed by atoms with Crippen LogP contribution in [0.25, 0.3) is 0 Å². The first-order valence-corrected chi connectivity index (χ1v) is 8.29. The second-order valence-corrected chi connectivity index (χ2v) is 5.80. The highest BCUT2D eigenvalue weighted by atomic mass is 16.5. The van der Waals surface area contributed by atoms with Gasteiger partial charge in [-0.25, -0.2) is 0 Å². The van der Waals surface area contributed by atoms with Gasteiger partial charge in [-0.3, -0.25) is 0 Å². The fourth-order valence-electron chi connectivity index (χ4n) is 2.65. The zero-order valence-electron chi connectivity index (χ0n) is 13.3. The topological polar surface area (TPSA) is 9.23 Å². The van der Waals surface area contributed by atoms with E-state index in [1.807, 2.05) is 7.11 Å². The van der Waals surface area contributed by atoms with Crippen molar-refractivity contribution in [2.24, 2.45) is 5.92 Å². The van der Waals surface area contributed by atoms with Crippen LogP contribution in [-0.4, -0.2) is 13.2 Å². The van der Waals surface area contributed by atoms with Crippen LogP contribution in [0.15, 0.2) is 0 Å². The Morgan fingerprint density at radius 3 is 1.83 bits per heavy atom. The Labute approximate surface area is 116 Å². The van der Waals surface area contributed by atoms with Crippen LogP contribution in [0.1, 0.15) is 91.4 Å². The summed E-state index contributed by atoms with van der Waals surface area (Å²) in [7, 11) is 1.88. The van der Waals surface area contributed by atoms with Gasteiger partial charge in [0.05, 0.1) is 6.10 Å². The van der Waals surface area contributed by atoms with Crippen molar-refractivity contribution in [2.75, 3.05) is 7.11 Å². The summed E-state index contributed by atoms with van der Waals surface area (Å²) in [5.41, 5.74) is 0. The normalized spacial score (nSPS) is 14.7. The van der Waals surface area contributed by atoms with Crippen molar-refractivity contribution in [1.29, 1.82) is 0 Å². The summed E-state index contributed by atoms with van der Waals surface area (Å²) in [6.07, 6.45) is 15.5. The van der Waals surface area contributed by atoms with E-state index in [9.17, 15) is 0 Å². The molecule has 0 saturated carbocycles. The highest BCUT2D eigenvalue weighted by Gasteiger charge is 2.15. The Morgan fingerprint density at radius 2 is 1.28 bits per heavy atom. The molecule has 0 radical (unpaired) electrons. The van der Waals surface area contributed by atoms with Crippen molar-refractivity contribution in [2.45, 2.75) is 97.5 Å². The second-order valence-electron chi connectivity index (χ2n) is 5.80. The Morgan fingerprint density at radius 1 is 0.722 bits per heavy atom. The van der Waals surface area contributed by atoms with E-state index in [1.165, 1.54) is 70.6 Å².